The summed E-state index contributed by atoms with van der Waals surface area (Å²) < 4.78 is 5.18. The molecule has 1 rings (SSSR count). The van der Waals surface area contributed by atoms with Crippen LogP contribution in [-0.4, -0.2) is 63.9 Å². The minimum absolute atomic E-state index is 0.140. The number of unbranched alkanes of at least 4 members (excludes halogenated alkanes) is 2. The van der Waals surface area contributed by atoms with E-state index in [2.05, 4.69) is 5.32 Å². The number of hydrogen-bond acceptors (Lipinski definition) is 7. The molecule has 0 aromatic heterocycles. The molecule has 1 unspecified atom stereocenters. The minimum atomic E-state index is -1.15. The van der Waals surface area contributed by atoms with Crippen LogP contribution in [0.5, 0.6) is 0 Å². The van der Waals surface area contributed by atoms with E-state index in [9.17, 15) is 29.1 Å². The van der Waals surface area contributed by atoms with Crippen molar-refractivity contribution >= 4 is 29.7 Å². The van der Waals surface area contributed by atoms with Gasteiger partial charge in [-0.3, -0.25) is 24.1 Å². The Hall–Kier alpha value is -2.75. The van der Waals surface area contributed by atoms with Crippen molar-refractivity contribution in [3.8, 4) is 0 Å². The van der Waals surface area contributed by atoms with E-state index in [0.717, 1.165) is 4.90 Å². The lowest BCUT2D eigenvalue weighted by Crippen LogP contribution is -2.41. The smallest absolute Gasteiger partial charge is 0.326 e. The molecule has 4 N–H and O–H groups in total. The van der Waals surface area contributed by atoms with E-state index in [1.54, 1.807) is 20.8 Å². The fraction of sp³-hybridized carbons (Fsp3) is 0.667. The topological polar surface area (TPSA) is 156 Å². The summed E-state index contributed by atoms with van der Waals surface area (Å²) in [6, 6.07) is -1.92. The number of nitrogens with one attached hydrogen (secondary N) is 1. The quantitative estimate of drug-likeness (QED) is 0.217. The first-order chi connectivity index (χ1) is 14.4. The summed E-state index contributed by atoms with van der Waals surface area (Å²) in [5.41, 5.74) is 5.14. The lowest BCUT2D eigenvalue weighted by atomic mass is 10.0. The highest BCUT2D eigenvalue weighted by Crippen LogP contribution is 2.12. The summed E-state index contributed by atoms with van der Waals surface area (Å²) in [6.45, 7) is 5.49. The molecule has 1 aliphatic heterocycles. The first-order valence-corrected chi connectivity index (χ1v) is 10.4. The van der Waals surface area contributed by atoms with Crippen LogP contribution in [-0.2, 0) is 28.7 Å². The monoisotopic (exact) mass is 439 g/mol. The third-order valence-electron chi connectivity index (χ3n) is 4.54. The number of rotatable bonds is 13. The Labute approximate surface area is 182 Å². The first-order valence-electron chi connectivity index (χ1n) is 10.4. The second-order valence-electron chi connectivity index (χ2n) is 8.50. The highest BCUT2D eigenvalue weighted by molar-refractivity contribution is 6.12. The number of amides is 3. The van der Waals surface area contributed by atoms with Gasteiger partial charge in [0.25, 0.3) is 11.8 Å². The molecule has 0 fully saturated rings. The number of nitrogens with zero attached hydrogens (tertiary/aromatic N) is 1. The maximum absolute atomic E-state index is 12.0. The third-order valence-corrected chi connectivity index (χ3v) is 4.54. The molecule has 0 bridgehead atoms. The lowest BCUT2D eigenvalue weighted by molar-refractivity contribution is -0.156. The number of imide groups is 1. The fourth-order valence-corrected chi connectivity index (χ4v) is 2.94. The van der Waals surface area contributed by atoms with Crippen molar-refractivity contribution in [2.24, 2.45) is 5.73 Å². The van der Waals surface area contributed by atoms with Crippen LogP contribution in [0.25, 0.3) is 0 Å². The number of carbonyl (C=O) groups is 5. The minimum Gasteiger partial charge on any atom is -0.480 e. The largest absolute Gasteiger partial charge is 0.480 e. The van der Waals surface area contributed by atoms with Crippen LogP contribution in [0.4, 0.5) is 0 Å². The van der Waals surface area contributed by atoms with Crippen molar-refractivity contribution in [3.05, 3.63) is 12.2 Å². The van der Waals surface area contributed by atoms with Crippen molar-refractivity contribution in [1.82, 2.24) is 10.2 Å². The van der Waals surface area contributed by atoms with Gasteiger partial charge in [0.1, 0.15) is 17.7 Å². The molecule has 31 heavy (non-hydrogen) atoms. The number of nitrogens with two attached hydrogens (primary N) is 1. The average Bonchev–Trinajstić information content (AvgIpc) is 2.97. The van der Waals surface area contributed by atoms with Crippen LogP contribution < -0.4 is 11.1 Å². The van der Waals surface area contributed by atoms with Crippen LogP contribution in [0.2, 0.25) is 0 Å². The van der Waals surface area contributed by atoms with Crippen molar-refractivity contribution in [3.63, 3.8) is 0 Å². The van der Waals surface area contributed by atoms with Gasteiger partial charge in [0, 0.05) is 25.1 Å². The summed E-state index contributed by atoms with van der Waals surface area (Å²) >= 11 is 0. The second-order valence-corrected chi connectivity index (χ2v) is 8.50. The normalized spacial score (nSPS) is 15.7. The first kappa shape index (κ1) is 26.3. The number of carboxylic acids is 1. The van der Waals surface area contributed by atoms with Gasteiger partial charge in [0.2, 0.25) is 5.91 Å². The van der Waals surface area contributed by atoms with Gasteiger partial charge in [0.15, 0.2) is 0 Å². The number of hydrogen-bond donors (Lipinski definition) is 3. The van der Waals surface area contributed by atoms with Gasteiger partial charge >= 0.3 is 11.9 Å². The van der Waals surface area contributed by atoms with Gasteiger partial charge in [-0.1, -0.05) is 6.42 Å². The van der Waals surface area contributed by atoms with E-state index in [0.29, 0.717) is 32.2 Å². The van der Waals surface area contributed by atoms with Crippen LogP contribution in [0.15, 0.2) is 12.2 Å². The number of ether oxygens (including phenoxy) is 1. The summed E-state index contributed by atoms with van der Waals surface area (Å²) in [5.74, 6) is -2.76. The second kappa shape index (κ2) is 12.2. The number of carboxylic acid groups (broad SMARTS) is 1. The third kappa shape index (κ3) is 10.2. The Morgan fingerprint density at radius 2 is 1.68 bits per heavy atom. The maximum atomic E-state index is 12.0. The summed E-state index contributed by atoms with van der Waals surface area (Å²) in [5, 5.41) is 11.8. The summed E-state index contributed by atoms with van der Waals surface area (Å²) in [4.78, 5) is 59.3. The van der Waals surface area contributed by atoms with E-state index < -0.39 is 29.6 Å². The Morgan fingerprint density at radius 3 is 2.23 bits per heavy atom. The van der Waals surface area contributed by atoms with Crippen molar-refractivity contribution in [2.75, 3.05) is 6.54 Å². The molecule has 0 aromatic rings. The fourth-order valence-electron chi connectivity index (χ4n) is 2.94. The Kier molecular flexibility index (Phi) is 10.3. The zero-order valence-electron chi connectivity index (χ0n) is 18.4. The highest BCUT2D eigenvalue weighted by Gasteiger charge is 2.24. The zero-order valence-corrected chi connectivity index (χ0v) is 18.4. The molecule has 174 valence electrons. The van der Waals surface area contributed by atoms with Crippen molar-refractivity contribution in [2.45, 2.75) is 83.4 Å². The standard InChI is InChI=1S/C21H33N3O7/c1-21(2,3)31-20(30)14(22)8-7-9-15(19(28)29)23-16(25)10-5-4-6-13-24-17(26)11-12-18(24)27/h11-12,14-15H,4-10,13,22H2,1-3H3,(H,23,25)(H,28,29)/t14?,15-/m0/s1. The maximum Gasteiger partial charge on any atom is 0.326 e. The molecule has 10 heteroatoms. The molecule has 1 heterocycles. The molecule has 0 aromatic carbocycles. The van der Waals surface area contributed by atoms with Crippen molar-refractivity contribution in [1.29, 1.82) is 0 Å². The van der Waals surface area contributed by atoms with Gasteiger partial charge in [0.05, 0.1) is 0 Å². The van der Waals surface area contributed by atoms with Crippen LogP contribution in [0.3, 0.4) is 0 Å². The zero-order chi connectivity index (χ0) is 23.6. The SMILES string of the molecule is CC(C)(C)OC(=O)C(N)CCC[C@H](NC(=O)CCCCCN1C(=O)C=CC1=O)C(=O)O. The van der Waals surface area contributed by atoms with E-state index in [-0.39, 0.29) is 37.0 Å². The van der Waals surface area contributed by atoms with E-state index in [1.165, 1.54) is 12.2 Å². The predicted octanol–water partition coefficient (Wildman–Crippen LogP) is 0.881. The number of carbonyl (C=O) groups excluding carboxylic acids is 4. The summed E-state index contributed by atoms with van der Waals surface area (Å²) in [6.07, 6.45) is 5.01. The van der Waals surface area contributed by atoms with Gasteiger partial charge in [-0.25, -0.2) is 4.79 Å². The molecule has 0 saturated carbocycles. The molecule has 10 nitrogen and oxygen atoms in total. The lowest BCUT2D eigenvalue weighted by Gasteiger charge is -2.22. The molecule has 2 atom stereocenters. The Morgan fingerprint density at radius 1 is 1.06 bits per heavy atom. The Balaban J connectivity index is 2.26. The molecule has 0 radical (unpaired) electrons. The number of esters is 1. The van der Waals surface area contributed by atoms with Crippen LogP contribution in [0, 0.1) is 0 Å². The molecule has 0 spiro atoms. The van der Waals surface area contributed by atoms with Crippen LogP contribution >= 0.6 is 0 Å². The van der Waals surface area contributed by atoms with Gasteiger partial charge in [-0.2, -0.15) is 0 Å². The summed E-state index contributed by atoms with van der Waals surface area (Å²) in [7, 11) is 0. The van der Waals surface area contributed by atoms with Gasteiger partial charge in [-0.15, -0.1) is 0 Å². The van der Waals surface area contributed by atoms with Gasteiger partial charge in [-0.05, 0) is 52.9 Å². The molecule has 0 aliphatic carbocycles. The Bertz CT molecular complexity index is 694. The van der Waals surface area contributed by atoms with Gasteiger partial charge < -0.3 is 20.9 Å². The molecular formula is C21H33N3O7. The number of aliphatic carboxylic acids is 1. The molecular weight excluding hydrogens is 406 g/mol. The molecule has 0 saturated heterocycles. The predicted molar refractivity (Wildman–Crippen MR) is 112 cm³/mol. The molecule has 3 amide bonds. The van der Waals surface area contributed by atoms with E-state index in [1.807, 2.05) is 0 Å². The van der Waals surface area contributed by atoms with Crippen molar-refractivity contribution < 1.29 is 33.8 Å². The van der Waals surface area contributed by atoms with Crippen LogP contribution in [0.1, 0.15) is 65.7 Å². The highest BCUT2D eigenvalue weighted by atomic mass is 16.6. The average molecular weight is 440 g/mol. The molecule has 1 aliphatic rings. The van der Waals surface area contributed by atoms with E-state index >= 15 is 0 Å². The van der Waals surface area contributed by atoms with E-state index in [4.69, 9.17) is 10.5 Å².